The predicted molar refractivity (Wildman–Crippen MR) is 82.3 cm³/mol. The van der Waals surface area contributed by atoms with Gasteiger partial charge in [0.25, 0.3) is 0 Å². The summed E-state index contributed by atoms with van der Waals surface area (Å²) in [5.74, 6) is 0.838. The number of rotatable bonds is 1. The summed E-state index contributed by atoms with van der Waals surface area (Å²) in [7, 11) is 0. The van der Waals surface area contributed by atoms with Gasteiger partial charge in [-0.15, -0.1) is 0 Å². The number of fused-ring (bicyclic) bond motifs is 5. The maximum absolute atomic E-state index is 13.1. The van der Waals surface area contributed by atoms with Gasteiger partial charge in [0, 0.05) is 12.1 Å². The molecule has 4 nitrogen and oxygen atoms in total. The summed E-state index contributed by atoms with van der Waals surface area (Å²) in [6.45, 7) is 0.220. The van der Waals surface area contributed by atoms with E-state index in [2.05, 4.69) is 0 Å². The van der Waals surface area contributed by atoms with E-state index in [9.17, 15) is 13.2 Å². The van der Waals surface area contributed by atoms with Crippen LogP contribution in [0, 0.1) is 0 Å². The maximum atomic E-state index is 13.1. The highest BCUT2D eigenvalue weighted by Gasteiger charge is 2.36. The molecule has 24 heavy (non-hydrogen) atoms. The molecule has 0 saturated carbocycles. The van der Waals surface area contributed by atoms with Crippen molar-refractivity contribution >= 4 is 11.4 Å². The van der Waals surface area contributed by atoms with Crippen molar-refractivity contribution in [3.05, 3.63) is 59.7 Å². The van der Waals surface area contributed by atoms with Gasteiger partial charge in [-0.2, -0.15) is 13.2 Å². The number of hydrogen-bond donors (Lipinski definition) is 1. The van der Waals surface area contributed by atoms with Gasteiger partial charge in [0.05, 0.1) is 11.3 Å². The van der Waals surface area contributed by atoms with Crippen LogP contribution in [0.4, 0.5) is 18.9 Å². The van der Waals surface area contributed by atoms with Crippen LogP contribution in [0.5, 0.6) is 11.5 Å². The van der Waals surface area contributed by atoms with E-state index in [1.54, 1.807) is 18.2 Å². The first-order valence-corrected chi connectivity index (χ1v) is 7.34. The molecule has 2 aliphatic heterocycles. The number of halogens is 3. The highest BCUT2D eigenvalue weighted by molar-refractivity contribution is 5.86. The molecule has 0 fully saturated rings. The number of anilines is 1. The molecular weight excluding hydrogens is 321 g/mol. The lowest BCUT2D eigenvalue weighted by Crippen LogP contribution is -2.25. The third-order valence-corrected chi connectivity index (χ3v) is 3.92. The lowest BCUT2D eigenvalue weighted by atomic mass is 10.1. The van der Waals surface area contributed by atoms with Crippen LogP contribution in [0.2, 0.25) is 0 Å². The van der Waals surface area contributed by atoms with Gasteiger partial charge >= 0.3 is 6.18 Å². The molecule has 2 aromatic rings. The van der Waals surface area contributed by atoms with Crippen LogP contribution in [0.3, 0.4) is 0 Å². The molecule has 2 N–H and O–H groups in total. The molecule has 2 heterocycles. The van der Waals surface area contributed by atoms with Crippen LogP contribution in [0.1, 0.15) is 11.1 Å². The quantitative estimate of drug-likeness (QED) is 0.858. The fraction of sp³-hybridized carbons (Fsp3) is 0.176. The summed E-state index contributed by atoms with van der Waals surface area (Å²) in [6.07, 6.45) is -3.07. The smallest absolute Gasteiger partial charge is 0.416 e. The van der Waals surface area contributed by atoms with Gasteiger partial charge in [-0.25, -0.2) is 5.06 Å². The van der Waals surface area contributed by atoms with E-state index in [0.717, 1.165) is 17.7 Å². The molecule has 0 saturated heterocycles. The molecule has 0 spiro atoms. The highest BCUT2D eigenvalue weighted by Crippen LogP contribution is 2.47. The summed E-state index contributed by atoms with van der Waals surface area (Å²) in [4.78, 5) is 5.71. The van der Waals surface area contributed by atoms with Crippen molar-refractivity contribution in [1.29, 1.82) is 0 Å². The molecule has 0 amide bonds. The van der Waals surface area contributed by atoms with Crippen molar-refractivity contribution in [2.45, 2.75) is 12.3 Å². The minimum atomic E-state index is -4.45. The van der Waals surface area contributed by atoms with Crippen molar-refractivity contribution < 1.29 is 22.7 Å². The Morgan fingerprint density at radius 1 is 1.08 bits per heavy atom. The van der Waals surface area contributed by atoms with Gasteiger partial charge < -0.3 is 10.5 Å². The van der Waals surface area contributed by atoms with Gasteiger partial charge in [0.2, 0.25) is 0 Å². The zero-order valence-electron chi connectivity index (χ0n) is 12.4. The summed E-state index contributed by atoms with van der Waals surface area (Å²) in [5, 5.41) is 1.37. The van der Waals surface area contributed by atoms with E-state index < -0.39 is 17.8 Å². The summed E-state index contributed by atoms with van der Waals surface area (Å²) >= 11 is 0. The molecule has 2 aromatic carbocycles. The minimum absolute atomic E-state index is 0.197. The van der Waals surface area contributed by atoms with Crippen LogP contribution >= 0.6 is 0 Å². The Morgan fingerprint density at radius 3 is 2.62 bits per heavy atom. The van der Waals surface area contributed by atoms with Crippen LogP contribution in [-0.2, 0) is 11.0 Å². The summed E-state index contributed by atoms with van der Waals surface area (Å²) in [6, 6.07) is 10.5. The average Bonchev–Trinajstić information content (AvgIpc) is 2.94. The molecule has 0 bridgehead atoms. The Labute approximate surface area is 135 Å². The van der Waals surface area contributed by atoms with E-state index in [4.69, 9.17) is 15.3 Å². The van der Waals surface area contributed by atoms with E-state index in [0.29, 0.717) is 11.4 Å². The van der Waals surface area contributed by atoms with E-state index in [-0.39, 0.29) is 18.0 Å². The molecule has 2 aliphatic rings. The average molecular weight is 334 g/mol. The van der Waals surface area contributed by atoms with Gasteiger partial charge in [0.15, 0.2) is 5.75 Å². The van der Waals surface area contributed by atoms with Gasteiger partial charge in [-0.3, -0.25) is 4.84 Å². The van der Waals surface area contributed by atoms with E-state index in [1.807, 2.05) is 12.1 Å². The van der Waals surface area contributed by atoms with Gasteiger partial charge in [-0.05, 0) is 36.4 Å². The highest BCUT2D eigenvalue weighted by atomic mass is 19.4. The first-order valence-electron chi connectivity index (χ1n) is 7.34. The van der Waals surface area contributed by atoms with Crippen LogP contribution in [0.15, 0.2) is 48.5 Å². The van der Waals surface area contributed by atoms with Crippen LogP contribution < -0.4 is 15.5 Å². The fourth-order valence-electron chi connectivity index (χ4n) is 2.79. The second kappa shape index (κ2) is 5.25. The van der Waals surface area contributed by atoms with Crippen molar-refractivity contribution in [2.24, 2.45) is 5.73 Å². The number of para-hydroxylation sites is 1. The maximum Gasteiger partial charge on any atom is 0.416 e. The molecule has 1 atom stereocenters. The van der Waals surface area contributed by atoms with Crippen LogP contribution in [0.25, 0.3) is 5.70 Å². The Balaban J connectivity index is 1.91. The van der Waals surface area contributed by atoms with Gasteiger partial charge in [0.1, 0.15) is 17.5 Å². The number of nitrogens with two attached hydrogens (primary N) is 1. The van der Waals surface area contributed by atoms with E-state index >= 15 is 0 Å². The number of hydrogen-bond acceptors (Lipinski definition) is 4. The second-order valence-electron chi connectivity index (χ2n) is 5.50. The number of ether oxygens (including phenoxy) is 1. The summed E-state index contributed by atoms with van der Waals surface area (Å²) < 4.78 is 45.0. The zero-order valence-corrected chi connectivity index (χ0v) is 12.4. The third-order valence-electron chi connectivity index (χ3n) is 3.92. The fourth-order valence-corrected chi connectivity index (χ4v) is 2.79. The van der Waals surface area contributed by atoms with E-state index in [1.165, 1.54) is 11.1 Å². The lowest BCUT2D eigenvalue weighted by Gasteiger charge is -2.22. The molecule has 7 heteroatoms. The SMILES string of the molecule is NCC1C=C2c3ccccc3Oc3ccc(C(F)(F)F)cc3N2O1. The first kappa shape index (κ1) is 15.0. The first-order chi connectivity index (χ1) is 11.5. The monoisotopic (exact) mass is 334 g/mol. The molecular formula is C17H13F3N2O2. The number of nitrogens with zero attached hydrogens (tertiary/aromatic N) is 1. The van der Waals surface area contributed by atoms with Crippen LogP contribution in [-0.4, -0.2) is 12.6 Å². The molecule has 124 valence electrons. The predicted octanol–water partition coefficient (Wildman–Crippen LogP) is 3.93. The number of hydroxylamine groups is 1. The Hall–Kier alpha value is -2.51. The van der Waals surface area contributed by atoms with Crippen molar-refractivity contribution in [2.75, 3.05) is 11.6 Å². The van der Waals surface area contributed by atoms with Crippen molar-refractivity contribution in [3.63, 3.8) is 0 Å². The number of benzene rings is 2. The zero-order chi connectivity index (χ0) is 16.9. The molecule has 0 radical (unpaired) electrons. The Morgan fingerprint density at radius 2 is 1.88 bits per heavy atom. The third kappa shape index (κ3) is 2.33. The number of alkyl halides is 3. The summed E-state index contributed by atoms with van der Waals surface area (Å²) in [5.41, 5.74) is 6.45. The lowest BCUT2D eigenvalue weighted by molar-refractivity contribution is -0.137. The Bertz CT molecular complexity index is 833. The van der Waals surface area contributed by atoms with Crippen molar-refractivity contribution in [1.82, 2.24) is 0 Å². The molecule has 4 rings (SSSR count). The molecule has 1 unspecified atom stereocenters. The topological polar surface area (TPSA) is 47.7 Å². The second-order valence-corrected chi connectivity index (χ2v) is 5.50. The Kier molecular flexibility index (Phi) is 3.29. The standard InChI is InChI=1S/C17H13F3N2O2/c18-17(19,20)10-5-6-16-14(7-10)22-13(8-11(9-21)24-22)12-3-1-2-4-15(12)23-16/h1-8,11H,9,21H2. The van der Waals surface area contributed by atoms with Crippen molar-refractivity contribution in [3.8, 4) is 11.5 Å². The van der Waals surface area contributed by atoms with Gasteiger partial charge in [-0.1, -0.05) is 12.1 Å². The largest absolute Gasteiger partial charge is 0.454 e. The normalized spacial score (nSPS) is 18.9. The minimum Gasteiger partial charge on any atom is -0.454 e. The molecule has 0 aliphatic carbocycles. The molecule has 0 aromatic heterocycles.